The molecule has 168 valence electrons. The Hall–Kier alpha value is -2.77. The zero-order valence-corrected chi connectivity index (χ0v) is 18.6. The number of phenolic OH excluding ortho intramolecular Hbond substituents is 1. The summed E-state index contributed by atoms with van der Waals surface area (Å²) in [6.07, 6.45) is 2.02. The van der Waals surface area contributed by atoms with Crippen molar-refractivity contribution in [3.63, 3.8) is 0 Å². The molecule has 0 heterocycles. The van der Waals surface area contributed by atoms with Gasteiger partial charge >= 0.3 is 5.97 Å². The first-order valence-electron chi connectivity index (χ1n) is 10.3. The van der Waals surface area contributed by atoms with Crippen molar-refractivity contribution in [2.24, 2.45) is 0 Å². The number of carbonyl (C=O) groups excluding carboxylic acids is 2. The van der Waals surface area contributed by atoms with Gasteiger partial charge in [-0.05, 0) is 51.1 Å². The monoisotopic (exact) mass is 448 g/mol. The van der Waals surface area contributed by atoms with Crippen LogP contribution in [0.2, 0.25) is 5.02 Å². The summed E-state index contributed by atoms with van der Waals surface area (Å²) in [5.74, 6) is -1.28. The van der Waals surface area contributed by atoms with Crippen LogP contribution in [0.5, 0.6) is 11.5 Å². The number of hydrogen-bond acceptors (Lipinski definition) is 6. The summed E-state index contributed by atoms with van der Waals surface area (Å²) < 4.78 is 10.7. The highest BCUT2D eigenvalue weighted by molar-refractivity contribution is 6.34. The molecule has 1 amide bonds. The number of benzene rings is 2. The van der Waals surface area contributed by atoms with E-state index in [1.807, 2.05) is 37.4 Å². The smallest absolute Gasteiger partial charge is 0.328 e. The third kappa shape index (κ3) is 7.45. The first kappa shape index (κ1) is 24.5. The highest BCUT2D eigenvalue weighted by atomic mass is 35.5. The minimum Gasteiger partial charge on any atom is -0.505 e. The molecule has 0 saturated heterocycles. The molecule has 0 spiro atoms. The number of esters is 1. The maximum Gasteiger partial charge on any atom is 0.328 e. The molecular weight excluding hydrogens is 420 g/mol. The first-order valence-corrected chi connectivity index (χ1v) is 10.7. The minimum absolute atomic E-state index is 0.0444. The highest BCUT2D eigenvalue weighted by Gasteiger charge is 2.25. The molecule has 2 aromatic carbocycles. The highest BCUT2D eigenvalue weighted by Crippen LogP contribution is 2.36. The Balaban J connectivity index is 2.10. The van der Waals surface area contributed by atoms with Gasteiger partial charge in [0.1, 0.15) is 16.8 Å². The van der Waals surface area contributed by atoms with E-state index in [-0.39, 0.29) is 23.6 Å². The predicted octanol–water partition coefficient (Wildman–Crippen LogP) is 3.33. The van der Waals surface area contributed by atoms with Gasteiger partial charge in [-0.25, -0.2) is 4.79 Å². The molecule has 0 radical (unpaired) electrons. The molecular formula is C23H29ClN2O5. The average Bonchev–Trinajstić information content (AvgIpc) is 2.76. The van der Waals surface area contributed by atoms with Crippen LogP contribution in [0.1, 0.15) is 35.7 Å². The number of rotatable bonds is 12. The summed E-state index contributed by atoms with van der Waals surface area (Å²) in [5, 5.41) is 16.1. The van der Waals surface area contributed by atoms with Crippen LogP contribution in [0.4, 0.5) is 0 Å². The Morgan fingerprint density at radius 3 is 2.55 bits per heavy atom. The summed E-state index contributed by atoms with van der Waals surface area (Å²) in [7, 11) is 1.88. The van der Waals surface area contributed by atoms with E-state index in [1.54, 1.807) is 6.92 Å². The second-order valence-corrected chi connectivity index (χ2v) is 7.28. The van der Waals surface area contributed by atoms with Crippen molar-refractivity contribution in [3.05, 3.63) is 58.6 Å². The van der Waals surface area contributed by atoms with Crippen LogP contribution in [0.3, 0.4) is 0 Å². The fourth-order valence-corrected chi connectivity index (χ4v) is 3.17. The largest absolute Gasteiger partial charge is 0.505 e. The fourth-order valence-electron chi connectivity index (χ4n) is 2.95. The van der Waals surface area contributed by atoms with Crippen molar-refractivity contribution in [3.8, 4) is 11.5 Å². The molecule has 8 heteroatoms. The molecule has 0 aliphatic rings. The van der Waals surface area contributed by atoms with E-state index in [0.29, 0.717) is 12.4 Å². The molecule has 1 atom stereocenters. The Kier molecular flexibility index (Phi) is 10.1. The van der Waals surface area contributed by atoms with Crippen LogP contribution >= 0.6 is 11.6 Å². The Labute approximate surface area is 187 Å². The maximum absolute atomic E-state index is 12.8. The summed E-state index contributed by atoms with van der Waals surface area (Å²) in [4.78, 5) is 25.1. The van der Waals surface area contributed by atoms with E-state index in [1.165, 1.54) is 12.1 Å². The van der Waals surface area contributed by atoms with Crippen molar-refractivity contribution in [2.75, 3.05) is 26.8 Å². The number of aromatic hydroxyl groups is 1. The van der Waals surface area contributed by atoms with Crippen LogP contribution in [-0.4, -0.2) is 49.8 Å². The zero-order chi connectivity index (χ0) is 22.6. The van der Waals surface area contributed by atoms with Crippen LogP contribution < -0.4 is 15.4 Å². The molecule has 7 nitrogen and oxygen atoms in total. The van der Waals surface area contributed by atoms with Crippen molar-refractivity contribution < 1.29 is 24.2 Å². The molecule has 31 heavy (non-hydrogen) atoms. The topological polar surface area (TPSA) is 96.9 Å². The zero-order valence-electron chi connectivity index (χ0n) is 17.8. The van der Waals surface area contributed by atoms with Gasteiger partial charge < -0.3 is 25.2 Å². The number of unbranched alkanes of at least 4 members (excludes halogenated alkanes) is 1. The van der Waals surface area contributed by atoms with Gasteiger partial charge in [-0.2, -0.15) is 0 Å². The quantitative estimate of drug-likeness (QED) is 0.340. The van der Waals surface area contributed by atoms with Crippen molar-refractivity contribution in [1.82, 2.24) is 10.6 Å². The van der Waals surface area contributed by atoms with Crippen LogP contribution in [0.15, 0.2) is 42.5 Å². The summed E-state index contributed by atoms with van der Waals surface area (Å²) in [5.41, 5.74) is 0.819. The van der Waals surface area contributed by atoms with Crippen LogP contribution in [0.25, 0.3) is 0 Å². The van der Waals surface area contributed by atoms with E-state index < -0.39 is 23.7 Å². The molecule has 0 bridgehead atoms. The molecule has 3 N–H and O–H groups in total. The molecule has 2 aromatic rings. The number of phenols is 1. The summed E-state index contributed by atoms with van der Waals surface area (Å²) in [6, 6.07) is 11.3. The van der Waals surface area contributed by atoms with Gasteiger partial charge in [-0.15, -0.1) is 0 Å². The lowest BCUT2D eigenvalue weighted by atomic mass is 10.1. The van der Waals surface area contributed by atoms with E-state index >= 15 is 0 Å². The van der Waals surface area contributed by atoms with Crippen molar-refractivity contribution >= 4 is 23.5 Å². The van der Waals surface area contributed by atoms with Gasteiger partial charge in [0.05, 0.1) is 18.8 Å². The van der Waals surface area contributed by atoms with Crippen molar-refractivity contribution in [1.29, 1.82) is 0 Å². The third-order valence-electron chi connectivity index (χ3n) is 4.56. The Morgan fingerprint density at radius 2 is 1.87 bits per heavy atom. The van der Waals surface area contributed by atoms with E-state index in [9.17, 15) is 14.7 Å². The number of ether oxygens (including phenoxy) is 2. The predicted molar refractivity (Wildman–Crippen MR) is 120 cm³/mol. The first-order chi connectivity index (χ1) is 15.0. The Bertz CT molecular complexity index is 861. The van der Waals surface area contributed by atoms with Gasteiger partial charge in [0.25, 0.3) is 5.91 Å². The minimum atomic E-state index is -0.906. The van der Waals surface area contributed by atoms with Gasteiger partial charge in [-0.1, -0.05) is 41.9 Å². The lowest BCUT2D eigenvalue weighted by Gasteiger charge is -2.18. The fraction of sp³-hybridized carbons (Fsp3) is 0.391. The summed E-state index contributed by atoms with van der Waals surface area (Å²) >= 11 is 6.20. The molecule has 1 unspecified atom stereocenters. The number of nitrogens with one attached hydrogen (secondary N) is 2. The number of carbonyl (C=O) groups is 2. The third-order valence-corrected chi connectivity index (χ3v) is 4.93. The lowest BCUT2D eigenvalue weighted by molar-refractivity contribution is -0.145. The van der Waals surface area contributed by atoms with Gasteiger partial charge in [0.2, 0.25) is 0 Å². The summed E-state index contributed by atoms with van der Waals surface area (Å²) in [6.45, 7) is 3.21. The second kappa shape index (κ2) is 12.8. The molecule has 0 fully saturated rings. The normalized spacial score (nSPS) is 11.6. The Morgan fingerprint density at radius 1 is 1.13 bits per heavy atom. The lowest BCUT2D eigenvalue weighted by Crippen LogP contribution is -2.43. The SMILES string of the molecule is CCOC(=O)C(Cc1ccccc1)NC(=O)c1ccc(OCCCCNC)c(Cl)c1O. The number of hydrogen-bond donors (Lipinski definition) is 3. The van der Waals surface area contributed by atoms with Gasteiger partial charge in [0.15, 0.2) is 5.75 Å². The molecule has 0 aromatic heterocycles. The molecule has 2 rings (SSSR count). The van der Waals surface area contributed by atoms with E-state index in [2.05, 4.69) is 10.6 Å². The molecule has 0 saturated carbocycles. The average molecular weight is 449 g/mol. The second-order valence-electron chi connectivity index (χ2n) is 6.90. The molecule has 0 aliphatic heterocycles. The van der Waals surface area contributed by atoms with Gasteiger partial charge in [0, 0.05) is 6.42 Å². The maximum atomic E-state index is 12.8. The van der Waals surface area contributed by atoms with Crippen molar-refractivity contribution in [2.45, 2.75) is 32.2 Å². The van der Waals surface area contributed by atoms with E-state index in [0.717, 1.165) is 24.9 Å². The van der Waals surface area contributed by atoms with Gasteiger partial charge in [-0.3, -0.25) is 4.79 Å². The molecule has 0 aliphatic carbocycles. The van der Waals surface area contributed by atoms with E-state index in [4.69, 9.17) is 21.1 Å². The van der Waals surface area contributed by atoms with Crippen LogP contribution in [0, 0.1) is 0 Å². The number of halogens is 1. The van der Waals surface area contributed by atoms with Crippen LogP contribution in [-0.2, 0) is 16.0 Å². The standard InChI is InChI=1S/C23H29ClN2O5/c1-3-30-23(29)18(15-16-9-5-4-6-10-16)26-22(28)17-11-12-19(20(24)21(17)27)31-14-8-7-13-25-2/h4-6,9-12,18,25,27H,3,7-8,13-15H2,1-2H3,(H,26,28). The number of amides is 1.